The highest BCUT2D eigenvalue weighted by Gasteiger charge is 2.16. The Kier molecular flexibility index (Phi) is 4.28. The van der Waals surface area contributed by atoms with Crippen LogP contribution in [0.5, 0.6) is 0 Å². The number of aromatic nitrogens is 2. The lowest BCUT2D eigenvalue weighted by Crippen LogP contribution is -2.37. The van der Waals surface area contributed by atoms with Gasteiger partial charge in [0.2, 0.25) is 0 Å². The molecule has 17 heavy (non-hydrogen) atoms. The highest BCUT2D eigenvalue weighted by atomic mass is 16.1. The molecule has 0 aromatic carbocycles. The van der Waals surface area contributed by atoms with E-state index in [0.29, 0.717) is 18.4 Å². The fourth-order valence-electron chi connectivity index (χ4n) is 1.41. The Labute approximate surface area is 102 Å². The van der Waals surface area contributed by atoms with E-state index in [1.165, 1.54) is 0 Å². The van der Waals surface area contributed by atoms with Crippen LogP contribution in [0.4, 0.5) is 5.82 Å². The molecule has 0 aliphatic heterocycles. The lowest BCUT2D eigenvalue weighted by atomic mass is 10.1. The maximum atomic E-state index is 12.1. The van der Waals surface area contributed by atoms with Crippen LogP contribution in [0.1, 0.15) is 27.7 Å². The standard InChI is InChI=1S/C12H22N4O/c1-9(13-5)8-15-10-11(17)16(7-6-14-10)12(2,3)4/h6-7,9,13H,8H2,1-5H3,(H,14,15). The van der Waals surface area contributed by atoms with Crippen molar-refractivity contribution in [3.05, 3.63) is 22.7 Å². The van der Waals surface area contributed by atoms with Crippen molar-refractivity contribution in [2.45, 2.75) is 39.3 Å². The highest BCUT2D eigenvalue weighted by Crippen LogP contribution is 2.10. The van der Waals surface area contributed by atoms with Gasteiger partial charge in [-0.3, -0.25) is 4.79 Å². The van der Waals surface area contributed by atoms with Crippen molar-refractivity contribution in [2.24, 2.45) is 0 Å². The summed E-state index contributed by atoms with van der Waals surface area (Å²) in [4.78, 5) is 16.2. The van der Waals surface area contributed by atoms with E-state index < -0.39 is 0 Å². The van der Waals surface area contributed by atoms with E-state index in [1.807, 2.05) is 34.7 Å². The van der Waals surface area contributed by atoms with Crippen LogP contribution in [-0.4, -0.2) is 29.2 Å². The van der Waals surface area contributed by atoms with Gasteiger partial charge in [-0.15, -0.1) is 0 Å². The second-order valence-corrected chi connectivity index (χ2v) is 5.19. The number of anilines is 1. The number of nitrogens with zero attached hydrogens (tertiary/aromatic N) is 2. The molecule has 0 fully saturated rings. The summed E-state index contributed by atoms with van der Waals surface area (Å²) >= 11 is 0. The highest BCUT2D eigenvalue weighted by molar-refractivity contribution is 5.31. The molecule has 1 atom stereocenters. The van der Waals surface area contributed by atoms with Crippen molar-refractivity contribution < 1.29 is 0 Å². The molecule has 1 aromatic heterocycles. The minimum Gasteiger partial charge on any atom is -0.364 e. The zero-order valence-corrected chi connectivity index (χ0v) is 11.2. The van der Waals surface area contributed by atoms with Gasteiger partial charge in [-0.2, -0.15) is 0 Å². The van der Waals surface area contributed by atoms with Crippen LogP contribution in [0.3, 0.4) is 0 Å². The summed E-state index contributed by atoms with van der Waals surface area (Å²) in [6.07, 6.45) is 3.37. The number of hydrogen-bond donors (Lipinski definition) is 2. The van der Waals surface area contributed by atoms with Gasteiger partial charge in [-0.05, 0) is 34.7 Å². The Morgan fingerprint density at radius 1 is 1.47 bits per heavy atom. The molecule has 0 saturated carbocycles. The summed E-state index contributed by atoms with van der Waals surface area (Å²) in [6, 6.07) is 0.291. The van der Waals surface area contributed by atoms with Crippen molar-refractivity contribution in [1.82, 2.24) is 14.9 Å². The van der Waals surface area contributed by atoms with Crippen LogP contribution < -0.4 is 16.2 Å². The molecule has 2 N–H and O–H groups in total. The molecule has 0 radical (unpaired) electrons. The second kappa shape index (κ2) is 5.31. The van der Waals surface area contributed by atoms with E-state index in [4.69, 9.17) is 0 Å². The molecular formula is C12H22N4O. The predicted octanol–water partition coefficient (Wildman–Crippen LogP) is 1.02. The molecule has 0 spiro atoms. The number of likely N-dealkylation sites (N-methyl/N-ethyl adjacent to an activating group) is 1. The summed E-state index contributed by atoms with van der Waals surface area (Å²) in [5, 5.41) is 6.17. The quantitative estimate of drug-likeness (QED) is 0.822. The second-order valence-electron chi connectivity index (χ2n) is 5.19. The maximum absolute atomic E-state index is 12.1. The van der Waals surface area contributed by atoms with Gasteiger partial charge in [0.15, 0.2) is 5.82 Å². The van der Waals surface area contributed by atoms with Gasteiger partial charge in [-0.1, -0.05) is 0 Å². The molecule has 0 saturated heterocycles. The van der Waals surface area contributed by atoms with Crippen LogP contribution in [0, 0.1) is 0 Å². The summed E-state index contributed by atoms with van der Waals surface area (Å²) < 4.78 is 1.69. The lowest BCUT2D eigenvalue weighted by molar-refractivity contribution is 0.383. The zero-order valence-electron chi connectivity index (χ0n) is 11.2. The average Bonchev–Trinajstić information content (AvgIpc) is 2.25. The molecule has 0 amide bonds. The minimum absolute atomic E-state index is 0.0803. The minimum atomic E-state index is -0.231. The SMILES string of the molecule is CNC(C)CNc1nccn(C(C)(C)C)c1=O. The van der Waals surface area contributed by atoms with E-state index in [9.17, 15) is 4.79 Å². The van der Waals surface area contributed by atoms with Crippen LogP contribution in [-0.2, 0) is 5.54 Å². The van der Waals surface area contributed by atoms with Crippen molar-refractivity contribution in [1.29, 1.82) is 0 Å². The fourth-order valence-corrected chi connectivity index (χ4v) is 1.41. The van der Waals surface area contributed by atoms with Crippen molar-refractivity contribution in [3.63, 3.8) is 0 Å². The third-order valence-corrected chi connectivity index (χ3v) is 2.63. The van der Waals surface area contributed by atoms with Gasteiger partial charge in [0.25, 0.3) is 5.56 Å². The van der Waals surface area contributed by atoms with Crippen molar-refractivity contribution in [3.8, 4) is 0 Å². The van der Waals surface area contributed by atoms with Gasteiger partial charge < -0.3 is 15.2 Å². The topological polar surface area (TPSA) is 59.0 Å². The van der Waals surface area contributed by atoms with Gasteiger partial charge in [-0.25, -0.2) is 4.98 Å². The van der Waals surface area contributed by atoms with E-state index in [2.05, 4.69) is 15.6 Å². The monoisotopic (exact) mass is 238 g/mol. The third-order valence-electron chi connectivity index (χ3n) is 2.63. The number of nitrogens with one attached hydrogen (secondary N) is 2. The van der Waals surface area contributed by atoms with Gasteiger partial charge in [0.05, 0.1) is 0 Å². The lowest BCUT2D eigenvalue weighted by Gasteiger charge is -2.22. The Bertz CT molecular complexity index is 419. The first-order valence-corrected chi connectivity index (χ1v) is 5.85. The van der Waals surface area contributed by atoms with Crippen molar-refractivity contribution >= 4 is 5.82 Å². The van der Waals surface area contributed by atoms with E-state index in [0.717, 1.165) is 0 Å². The maximum Gasteiger partial charge on any atom is 0.293 e. The van der Waals surface area contributed by atoms with Crippen LogP contribution in [0.25, 0.3) is 0 Å². The largest absolute Gasteiger partial charge is 0.364 e. The normalized spacial score (nSPS) is 13.5. The first-order chi connectivity index (χ1) is 7.86. The molecule has 0 aliphatic carbocycles. The molecular weight excluding hydrogens is 216 g/mol. The predicted molar refractivity (Wildman–Crippen MR) is 70.5 cm³/mol. The summed E-state index contributed by atoms with van der Waals surface area (Å²) in [6.45, 7) is 8.70. The molecule has 5 nitrogen and oxygen atoms in total. The molecule has 0 bridgehead atoms. The number of hydrogen-bond acceptors (Lipinski definition) is 4. The summed E-state index contributed by atoms with van der Waals surface area (Å²) in [7, 11) is 1.89. The zero-order chi connectivity index (χ0) is 13.1. The van der Waals surface area contributed by atoms with E-state index >= 15 is 0 Å². The molecule has 1 aromatic rings. The molecule has 0 aliphatic rings. The Morgan fingerprint density at radius 3 is 2.65 bits per heavy atom. The fraction of sp³-hybridized carbons (Fsp3) is 0.667. The molecule has 1 unspecified atom stereocenters. The van der Waals surface area contributed by atoms with E-state index in [-0.39, 0.29) is 11.1 Å². The van der Waals surface area contributed by atoms with Crippen LogP contribution >= 0.6 is 0 Å². The molecule has 1 rings (SSSR count). The summed E-state index contributed by atoms with van der Waals surface area (Å²) in [5.74, 6) is 0.407. The molecule has 96 valence electrons. The Morgan fingerprint density at radius 2 is 2.12 bits per heavy atom. The Balaban J connectivity index is 2.92. The van der Waals surface area contributed by atoms with Gasteiger partial charge >= 0.3 is 0 Å². The van der Waals surface area contributed by atoms with Gasteiger partial charge in [0, 0.05) is 30.5 Å². The third kappa shape index (κ3) is 3.56. The van der Waals surface area contributed by atoms with Crippen LogP contribution in [0.15, 0.2) is 17.2 Å². The first kappa shape index (κ1) is 13.7. The smallest absolute Gasteiger partial charge is 0.293 e. The van der Waals surface area contributed by atoms with Crippen LogP contribution in [0.2, 0.25) is 0 Å². The molecule has 1 heterocycles. The van der Waals surface area contributed by atoms with Gasteiger partial charge in [0.1, 0.15) is 0 Å². The summed E-state index contributed by atoms with van der Waals surface area (Å²) in [5.41, 5.74) is -0.311. The Hall–Kier alpha value is -1.36. The van der Waals surface area contributed by atoms with E-state index in [1.54, 1.807) is 17.0 Å². The average molecular weight is 238 g/mol. The van der Waals surface area contributed by atoms with Crippen molar-refractivity contribution in [2.75, 3.05) is 18.9 Å². The first-order valence-electron chi connectivity index (χ1n) is 5.85. The number of rotatable bonds is 4. The molecule has 5 heteroatoms.